The van der Waals surface area contributed by atoms with Crippen molar-refractivity contribution >= 4 is 23.9 Å². The van der Waals surface area contributed by atoms with Crippen LogP contribution in [-0.2, 0) is 23.9 Å². The number of carbonyl (C=O) groups excluding carboxylic acids is 1. The summed E-state index contributed by atoms with van der Waals surface area (Å²) in [6, 6.07) is 0. The zero-order valence-electron chi connectivity index (χ0n) is 21.5. The minimum atomic E-state index is -2.33. The van der Waals surface area contributed by atoms with E-state index in [-0.39, 0.29) is 17.9 Å². The Balaban J connectivity index is 5.13. The molecule has 0 heterocycles. The zero-order chi connectivity index (χ0) is 26.6. The Bertz CT molecular complexity index is 753. The van der Waals surface area contributed by atoms with Crippen LogP contribution < -0.4 is 0 Å². The number of esters is 1. The van der Waals surface area contributed by atoms with Crippen molar-refractivity contribution in [3.05, 3.63) is 23.3 Å². The van der Waals surface area contributed by atoms with Crippen molar-refractivity contribution in [2.24, 2.45) is 29.6 Å². The normalized spacial score (nSPS) is 16.9. The fourth-order valence-corrected chi connectivity index (χ4v) is 4.27. The molecule has 0 radical (unpaired) electrons. The van der Waals surface area contributed by atoms with Gasteiger partial charge in [-0.3, -0.25) is 4.79 Å². The lowest BCUT2D eigenvalue weighted by Crippen LogP contribution is -2.36. The second-order valence-electron chi connectivity index (χ2n) is 9.89. The molecule has 0 bridgehead atoms. The summed E-state index contributed by atoms with van der Waals surface area (Å²) >= 11 is 0. The third-order valence-electron chi connectivity index (χ3n) is 5.92. The van der Waals surface area contributed by atoms with Gasteiger partial charge in [0.25, 0.3) is 6.10 Å². The van der Waals surface area contributed by atoms with Crippen LogP contribution in [-0.4, -0.2) is 45.3 Å². The first-order valence-electron chi connectivity index (χ1n) is 12.0. The molecule has 0 aliphatic carbocycles. The third kappa shape index (κ3) is 12.6. The van der Waals surface area contributed by atoms with Gasteiger partial charge in [0.05, 0.1) is 5.92 Å². The van der Waals surface area contributed by atoms with Gasteiger partial charge in [-0.05, 0) is 62.4 Å². The Hall–Kier alpha value is -2.64. The van der Waals surface area contributed by atoms with Gasteiger partial charge in [-0.15, -0.1) is 0 Å². The number of aliphatic carboxylic acids is 3. The van der Waals surface area contributed by atoms with Crippen LogP contribution in [0.2, 0.25) is 0 Å². The van der Waals surface area contributed by atoms with Crippen molar-refractivity contribution < 1.29 is 39.2 Å². The largest absolute Gasteiger partial charge is 0.478 e. The average Bonchev–Trinajstić information content (AvgIpc) is 2.69. The van der Waals surface area contributed by atoms with E-state index < -0.39 is 35.9 Å². The van der Waals surface area contributed by atoms with Gasteiger partial charge in [0.15, 0.2) is 0 Å². The number of carbonyl (C=O) groups is 4. The molecule has 8 heteroatoms. The Morgan fingerprint density at radius 3 is 1.79 bits per heavy atom. The van der Waals surface area contributed by atoms with Crippen LogP contribution in [0.25, 0.3) is 0 Å². The Morgan fingerprint density at radius 1 is 0.824 bits per heavy atom. The molecule has 0 saturated carbocycles. The average molecular weight is 483 g/mol. The van der Waals surface area contributed by atoms with E-state index in [1.807, 2.05) is 6.08 Å². The molecule has 194 valence electrons. The fraction of sp³-hybridized carbons (Fsp3) is 0.692. The number of ether oxygens (including phenoxy) is 1. The quantitative estimate of drug-likeness (QED) is 0.118. The highest BCUT2D eigenvalue weighted by atomic mass is 16.6. The SMILES string of the molecule is CCC(C)CC(C)CC(C)CC(C)C=C(C)C=C(CC(C)C(=O)OC(C(=O)O)C(=O)O)C(=O)O. The van der Waals surface area contributed by atoms with Crippen molar-refractivity contribution in [2.75, 3.05) is 0 Å². The maximum absolute atomic E-state index is 12.1. The Labute approximate surface area is 203 Å². The van der Waals surface area contributed by atoms with Gasteiger partial charge in [-0.2, -0.15) is 0 Å². The molecule has 0 aromatic heterocycles. The lowest BCUT2D eigenvalue weighted by Gasteiger charge is -2.21. The van der Waals surface area contributed by atoms with Crippen LogP contribution in [0.4, 0.5) is 0 Å². The van der Waals surface area contributed by atoms with Gasteiger partial charge in [0.1, 0.15) is 0 Å². The van der Waals surface area contributed by atoms with Gasteiger partial charge >= 0.3 is 23.9 Å². The zero-order valence-corrected chi connectivity index (χ0v) is 21.5. The topological polar surface area (TPSA) is 138 Å². The lowest BCUT2D eigenvalue weighted by molar-refractivity contribution is -0.176. The molecule has 0 aliphatic heterocycles. The highest BCUT2D eigenvalue weighted by Crippen LogP contribution is 2.26. The molecule has 0 fully saturated rings. The fourth-order valence-electron chi connectivity index (χ4n) is 4.27. The molecule has 0 aromatic carbocycles. The summed E-state index contributed by atoms with van der Waals surface area (Å²) < 4.78 is 4.52. The van der Waals surface area contributed by atoms with Crippen molar-refractivity contribution in [3.63, 3.8) is 0 Å². The van der Waals surface area contributed by atoms with Crippen molar-refractivity contribution in [1.82, 2.24) is 0 Å². The molecule has 34 heavy (non-hydrogen) atoms. The Kier molecular flexibility index (Phi) is 14.1. The molecule has 5 atom stereocenters. The molecule has 0 rings (SSSR count). The van der Waals surface area contributed by atoms with E-state index >= 15 is 0 Å². The first-order chi connectivity index (χ1) is 15.7. The number of allylic oxidation sites excluding steroid dienone is 3. The lowest BCUT2D eigenvalue weighted by atomic mass is 9.84. The maximum atomic E-state index is 12.1. The van der Waals surface area contributed by atoms with Crippen molar-refractivity contribution in [2.45, 2.75) is 86.7 Å². The van der Waals surface area contributed by atoms with Crippen LogP contribution >= 0.6 is 0 Å². The minimum Gasteiger partial charge on any atom is -0.478 e. The van der Waals surface area contributed by atoms with Gasteiger partial charge < -0.3 is 20.1 Å². The van der Waals surface area contributed by atoms with Crippen LogP contribution in [0.3, 0.4) is 0 Å². The summed E-state index contributed by atoms with van der Waals surface area (Å²) in [7, 11) is 0. The third-order valence-corrected chi connectivity index (χ3v) is 5.92. The Morgan fingerprint density at radius 2 is 1.32 bits per heavy atom. The number of hydrogen-bond donors (Lipinski definition) is 3. The number of hydrogen-bond acceptors (Lipinski definition) is 5. The predicted octanol–water partition coefficient (Wildman–Crippen LogP) is 5.18. The van der Waals surface area contributed by atoms with Gasteiger partial charge in [-0.1, -0.05) is 59.6 Å². The molecular weight excluding hydrogens is 440 g/mol. The highest BCUT2D eigenvalue weighted by molar-refractivity contribution is 5.98. The second-order valence-corrected chi connectivity index (χ2v) is 9.89. The highest BCUT2D eigenvalue weighted by Gasteiger charge is 2.32. The van der Waals surface area contributed by atoms with Gasteiger partial charge in [0.2, 0.25) is 0 Å². The summed E-state index contributed by atoms with van der Waals surface area (Å²) in [6.07, 6.45) is 5.48. The predicted molar refractivity (Wildman–Crippen MR) is 129 cm³/mol. The van der Waals surface area contributed by atoms with E-state index in [0.29, 0.717) is 11.8 Å². The molecular formula is C26H42O8. The van der Waals surface area contributed by atoms with Crippen LogP contribution in [0.5, 0.6) is 0 Å². The molecule has 3 N–H and O–H groups in total. The van der Waals surface area contributed by atoms with E-state index in [1.54, 1.807) is 6.92 Å². The van der Waals surface area contributed by atoms with Crippen LogP contribution in [0.1, 0.15) is 80.6 Å². The van der Waals surface area contributed by atoms with E-state index in [9.17, 15) is 24.3 Å². The molecule has 5 unspecified atom stereocenters. The summed E-state index contributed by atoms with van der Waals surface area (Å²) in [5.74, 6) is -4.78. The van der Waals surface area contributed by atoms with E-state index in [1.165, 1.54) is 25.8 Å². The summed E-state index contributed by atoms with van der Waals surface area (Å²) in [5, 5.41) is 27.2. The standard InChI is InChI=1S/C26H42O8/c1-8-15(2)9-16(3)10-17(4)11-18(5)12-19(6)13-21(23(27)28)14-20(7)26(33)34-22(24(29)30)25(31)32/h12-13,15-18,20,22H,8-11,14H2,1-7H3,(H,27,28)(H,29,30)(H,31,32). The number of carboxylic acid groups (broad SMARTS) is 3. The number of rotatable bonds is 16. The van der Waals surface area contributed by atoms with Crippen LogP contribution in [0, 0.1) is 29.6 Å². The van der Waals surface area contributed by atoms with E-state index in [4.69, 9.17) is 10.2 Å². The summed E-state index contributed by atoms with van der Waals surface area (Å²) in [5.41, 5.74) is 0.710. The van der Waals surface area contributed by atoms with Gasteiger partial charge in [0, 0.05) is 5.57 Å². The van der Waals surface area contributed by atoms with E-state index in [2.05, 4.69) is 39.4 Å². The molecule has 0 aliphatic rings. The molecule has 8 nitrogen and oxygen atoms in total. The molecule has 0 spiro atoms. The van der Waals surface area contributed by atoms with E-state index in [0.717, 1.165) is 24.3 Å². The molecule has 0 saturated heterocycles. The number of carboxylic acids is 3. The minimum absolute atomic E-state index is 0.0391. The smallest absolute Gasteiger partial charge is 0.356 e. The first kappa shape index (κ1) is 31.4. The summed E-state index contributed by atoms with van der Waals surface area (Å²) in [6.45, 7) is 14.3. The second kappa shape index (κ2) is 15.3. The van der Waals surface area contributed by atoms with Crippen LogP contribution in [0.15, 0.2) is 23.3 Å². The summed E-state index contributed by atoms with van der Waals surface area (Å²) in [4.78, 5) is 45.6. The van der Waals surface area contributed by atoms with Crippen molar-refractivity contribution in [1.29, 1.82) is 0 Å². The van der Waals surface area contributed by atoms with Crippen molar-refractivity contribution in [3.8, 4) is 0 Å². The van der Waals surface area contributed by atoms with Gasteiger partial charge in [-0.25, -0.2) is 14.4 Å². The maximum Gasteiger partial charge on any atom is 0.356 e. The monoisotopic (exact) mass is 482 g/mol. The molecule has 0 amide bonds. The molecule has 0 aromatic rings. The first-order valence-corrected chi connectivity index (χ1v) is 12.0.